The SMILES string of the molecule is NC(=O)C1[C@H]2CC2CN1C(=O)c1nc(N)sc1-c1cccc(F)c1. The topological polar surface area (TPSA) is 102 Å². The van der Waals surface area contributed by atoms with Crippen molar-refractivity contribution in [3.63, 3.8) is 0 Å². The molecule has 1 aliphatic heterocycles. The van der Waals surface area contributed by atoms with Crippen LogP contribution in [0, 0.1) is 17.7 Å². The van der Waals surface area contributed by atoms with Gasteiger partial charge < -0.3 is 16.4 Å². The van der Waals surface area contributed by atoms with E-state index in [0.29, 0.717) is 22.9 Å². The number of hydrogen-bond acceptors (Lipinski definition) is 5. The number of carbonyl (C=O) groups is 2. The molecule has 2 amide bonds. The van der Waals surface area contributed by atoms with Gasteiger partial charge >= 0.3 is 0 Å². The fraction of sp³-hybridized carbons (Fsp3) is 0.312. The molecule has 1 aromatic heterocycles. The molecule has 1 saturated carbocycles. The van der Waals surface area contributed by atoms with Crippen molar-refractivity contribution in [3.05, 3.63) is 35.8 Å². The Kier molecular flexibility index (Phi) is 3.31. The number of aromatic nitrogens is 1. The number of primary amides is 1. The zero-order chi connectivity index (χ0) is 17.0. The number of likely N-dealkylation sites (tertiary alicyclic amines) is 1. The summed E-state index contributed by atoms with van der Waals surface area (Å²) < 4.78 is 13.5. The molecule has 4 rings (SSSR count). The van der Waals surface area contributed by atoms with Gasteiger partial charge in [0.2, 0.25) is 5.91 Å². The van der Waals surface area contributed by atoms with Crippen LogP contribution in [0.2, 0.25) is 0 Å². The Morgan fingerprint density at radius 3 is 2.88 bits per heavy atom. The third-order valence-electron chi connectivity index (χ3n) is 4.64. The van der Waals surface area contributed by atoms with Gasteiger partial charge in [-0.15, -0.1) is 0 Å². The van der Waals surface area contributed by atoms with Crippen LogP contribution in [0.1, 0.15) is 16.9 Å². The molecule has 2 fully saturated rings. The lowest BCUT2D eigenvalue weighted by Gasteiger charge is -2.24. The van der Waals surface area contributed by atoms with Gasteiger partial charge in [0, 0.05) is 6.54 Å². The number of halogens is 1. The Morgan fingerprint density at radius 2 is 2.17 bits per heavy atom. The molecule has 0 radical (unpaired) electrons. The molecule has 6 nitrogen and oxygen atoms in total. The molecule has 1 saturated heterocycles. The molecule has 8 heteroatoms. The standard InChI is InChI=1S/C16H15FN4O2S/c17-9-3-1-2-7(4-9)13-11(20-16(19)24-13)15(23)21-6-8-5-10(8)12(21)14(18)22/h1-4,8,10,12H,5-6H2,(H2,18,22)(H2,19,20)/t8?,10-,12?/m0/s1. The van der Waals surface area contributed by atoms with Crippen LogP contribution < -0.4 is 11.5 Å². The predicted molar refractivity (Wildman–Crippen MR) is 87.5 cm³/mol. The summed E-state index contributed by atoms with van der Waals surface area (Å²) in [7, 11) is 0. The first-order valence-electron chi connectivity index (χ1n) is 7.58. The summed E-state index contributed by atoms with van der Waals surface area (Å²) >= 11 is 1.12. The summed E-state index contributed by atoms with van der Waals surface area (Å²) in [5.74, 6) is -0.794. The Balaban J connectivity index is 1.72. The molecular weight excluding hydrogens is 331 g/mol. The van der Waals surface area contributed by atoms with Crippen LogP contribution in [-0.4, -0.2) is 34.3 Å². The second-order valence-corrected chi connectivity index (χ2v) is 7.24. The van der Waals surface area contributed by atoms with Gasteiger partial charge in [-0.1, -0.05) is 23.5 Å². The summed E-state index contributed by atoms with van der Waals surface area (Å²) in [6.07, 6.45) is 0.924. The third-order valence-corrected chi connectivity index (χ3v) is 5.57. The van der Waals surface area contributed by atoms with Crippen LogP contribution >= 0.6 is 11.3 Å². The predicted octanol–water partition coefficient (Wildman–Crippen LogP) is 1.48. The maximum Gasteiger partial charge on any atom is 0.274 e. The Hall–Kier alpha value is -2.48. The maximum atomic E-state index is 13.5. The lowest BCUT2D eigenvalue weighted by molar-refractivity contribution is -0.122. The number of benzene rings is 1. The monoisotopic (exact) mass is 346 g/mol. The number of carbonyl (C=O) groups excluding carboxylic acids is 2. The highest BCUT2D eigenvalue weighted by Gasteiger charge is 2.56. The van der Waals surface area contributed by atoms with E-state index < -0.39 is 17.8 Å². The van der Waals surface area contributed by atoms with Crippen LogP contribution in [0.4, 0.5) is 9.52 Å². The van der Waals surface area contributed by atoms with Crippen molar-refractivity contribution < 1.29 is 14.0 Å². The molecule has 0 spiro atoms. The smallest absolute Gasteiger partial charge is 0.274 e. The third kappa shape index (κ3) is 2.34. The lowest BCUT2D eigenvalue weighted by Crippen LogP contribution is -2.46. The van der Waals surface area contributed by atoms with Crippen molar-refractivity contribution in [1.29, 1.82) is 0 Å². The molecule has 0 bridgehead atoms. The average Bonchev–Trinajstić information content (AvgIpc) is 3.01. The van der Waals surface area contributed by atoms with E-state index in [1.54, 1.807) is 12.1 Å². The quantitative estimate of drug-likeness (QED) is 0.878. The van der Waals surface area contributed by atoms with Gasteiger partial charge in [0.25, 0.3) is 5.91 Å². The summed E-state index contributed by atoms with van der Waals surface area (Å²) in [6, 6.07) is 5.32. The van der Waals surface area contributed by atoms with Gasteiger partial charge in [0.05, 0.1) is 4.88 Å². The van der Waals surface area contributed by atoms with Gasteiger partial charge in [-0.2, -0.15) is 0 Å². The Bertz CT molecular complexity index is 852. The van der Waals surface area contributed by atoms with E-state index in [1.807, 2.05) is 0 Å². The van der Waals surface area contributed by atoms with Crippen LogP contribution in [0.25, 0.3) is 10.4 Å². The zero-order valence-electron chi connectivity index (χ0n) is 12.6. The highest BCUT2D eigenvalue weighted by atomic mass is 32.1. The van der Waals surface area contributed by atoms with E-state index >= 15 is 0 Å². The van der Waals surface area contributed by atoms with E-state index in [2.05, 4.69) is 4.98 Å². The van der Waals surface area contributed by atoms with Gasteiger partial charge in [-0.05, 0) is 36.0 Å². The van der Waals surface area contributed by atoms with Crippen molar-refractivity contribution in [2.75, 3.05) is 12.3 Å². The van der Waals surface area contributed by atoms with Crippen LogP contribution in [0.15, 0.2) is 24.3 Å². The molecule has 3 atom stereocenters. The van der Waals surface area contributed by atoms with Crippen molar-refractivity contribution in [3.8, 4) is 10.4 Å². The average molecular weight is 346 g/mol. The number of nitrogens with zero attached hydrogens (tertiary/aromatic N) is 2. The minimum absolute atomic E-state index is 0.149. The van der Waals surface area contributed by atoms with Crippen molar-refractivity contribution >= 4 is 28.3 Å². The highest BCUT2D eigenvalue weighted by molar-refractivity contribution is 7.19. The van der Waals surface area contributed by atoms with Crippen molar-refractivity contribution in [2.45, 2.75) is 12.5 Å². The second-order valence-electron chi connectivity index (χ2n) is 6.20. The van der Waals surface area contributed by atoms with Gasteiger partial charge in [0.15, 0.2) is 5.13 Å². The second kappa shape index (κ2) is 5.27. The molecule has 124 valence electrons. The van der Waals surface area contributed by atoms with Gasteiger partial charge in [0.1, 0.15) is 17.6 Å². The zero-order valence-corrected chi connectivity index (χ0v) is 13.4. The van der Waals surface area contributed by atoms with E-state index in [0.717, 1.165) is 17.8 Å². The maximum absolute atomic E-state index is 13.5. The minimum Gasteiger partial charge on any atom is -0.375 e. The van der Waals surface area contributed by atoms with E-state index in [4.69, 9.17) is 11.5 Å². The first-order chi connectivity index (χ1) is 11.5. The molecule has 1 aromatic carbocycles. The number of thiazole rings is 1. The van der Waals surface area contributed by atoms with E-state index in [1.165, 1.54) is 17.0 Å². The fourth-order valence-corrected chi connectivity index (χ4v) is 4.30. The number of hydrogen-bond donors (Lipinski definition) is 2. The summed E-state index contributed by atoms with van der Waals surface area (Å²) in [5, 5.41) is 0.220. The first kappa shape index (κ1) is 15.1. The van der Waals surface area contributed by atoms with E-state index in [-0.39, 0.29) is 22.7 Å². The highest BCUT2D eigenvalue weighted by Crippen LogP contribution is 2.50. The molecule has 2 unspecified atom stereocenters. The number of anilines is 1. The fourth-order valence-electron chi connectivity index (χ4n) is 3.48. The number of fused-ring (bicyclic) bond motifs is 1. The number of rotatable bonds is 3. The van der Waals surface area contributed by atoms with Gasteiger partial charge in [-0.25, -0.2) is 9.37 Å². The van der Waals surface area contributed by atoms with Crippen molar-refractivity contribution in [2.24, 2.45) is 17.6 Å². The van der Waals surface area contributed by atoms with Crippen molar-refractivity contribution in [1.82, 2.24) is 9.88 Å². The van der Waals surface area contributed by atoms with Crippen LogP contribution in [0.5, 0.6) is 0 Å². The molecule has 2 aromatic rings. The molecule has 2 heterocycles. The van der Waals surface area contributed by atoms with Gasteiger partial charge in [-0.3, -0.25) is 9.59 Å². The lowest BCUT2D eigenvalue weighted by atomic mass is 10.1. The number of nitrogens with two attached hydrogens (primary N) is 2. The molecule has 24 heavy (non-hydrogen) atoms. The number of nitrogen functional groups attached to an aromatic ring is 1. The summed E-state index contributed by atoms with van der Waals surface area (Å²) in [6.45, 7) is 0.497. The number of piperidine rings is 1. The molecule has 1 aliphatic carbocycles. The number of amides is 2. The van der Waals surface area contributed by atoms with Crippen LogP contribution in [-0.2, 0) is 4.79 Å². The normalized spacial score (nSPS) is 24.7. The van der Waals surface area contributed by atoms with Crippen LogP contribution in [0.3, 0.4) is 0 Å². The first-order valence-corrected chi connectivity index (χ1v) is 8.40. The molecule has 2 aliphatic rings. The molecular formula is C16H15FN4O2S. The summed E-state index contributed by atoms with van der Waals surface area (Å²) in [5.41, 5.74) is 11.9. The Morgan fingerprint density at radius 1 is 1.38 bits per heavy atom. The minimum atomic E-state index is -0.592. The Labute approximate surface area is 141 Å². The summed E-state index contributed by atoms with van der Waals surface area (Å²) in [4.78, 5) is 30.8. The largest absolute Gasteiger partial charge is 0.375 e. The van der Waals surface area contributed by atoms with E-state index in [9.17, 15) is 14.0 Å². The molecule has 4 N–H and O–H groups in total.